The highest BCUT2D eigenvalue weighted by atomic mass is 16.6. The van der Waals surface area contributed by atoms with Gasteiger partial charge in [-0.05, 0) is 26.2 Å². The van der Waals surface area contributed by atoms with E-state index in [9.17, 15) is 9.59 Å². The molecule has 0 aliphatic rings. The van der Waals surface area contributed by atoms with E-state index in [0.29, 0.717) is 6.61 Å². The Morgan fingerprint density at radius 3 is 1.61 bits per heavy atom. The summed E-state index contributed by atoms with van der Waals surface area (Å²) in [7, 11) is 0. The van der Waals surface area contributed by atoms with Crippen molar-refractivity contribution in [2.75, 3.05) is 19.8 Å². The van der Waals surface area contributed by atoms with Crippen molar-refractivity contribution in [3.05, 3.63) is 0 Å². The number of carbonyl (C=O) groups is 2. The van der Waals surface area contributed by atoms with Gasteiger partial charge >= 0.3 is 11.9 Å². The van der Waals surface area contributed by atoms with Crippen molar-refractivity contribution in [3.8, 4) is 0 Å². The number of rotatable bonds is 23. The summed E-state index contributed by atoms with van der Waals surface area (Å²) < 4.78 is 15.6. The maximum Gasteiger partial charge on any atom is 0.332 e. The highest BCUT2D eigenvalue weighted by Crippen LogP contribution is 2.12. The molecule has 31 heavy (non-hydrogen) atoms. The number of hydrogen-bond donors (Lipinski definition) is 0. The summed E-state index contributed by atoms with van der Waals surface area (Å²) in [6, 6.07) is 0. The fourth-order valence-corrected chi connectivity index (χ4v) is 3.56. The van der Waals surface area contributed by atoms with E-state index < -0.39 is 11.9 Å². The lowest BCUT2D eigenvalue weighted by Crippen LogP contribution is -2.22. The molecule has 0 spiro atoms. The monoisotopic (exact) mass is 442 g/mol. The number of unbranched alkanes of at least 4 members (excludes halogenated alkanes) is 14. The maximum atomic E-state index is 11.7. The van der Waals surface area contributed by atoms with Gasteiger partial charge in [-0.2, -0.15) is 0 Å². The zero-order chi connectivity index (χ0) is 23.0. The van der Waals surface area contributed by atoms with Crippen molar-refractivity contribution in [3.63, 3.8) is 0 Å². The number of hydrogen-bond acceptors (Lipinski definition) is 5. The molecule has 0 heterocycles. The van der Waals surface area contributed by atoms with Crippen LogP contribution < -0.4 is 0 Å². The Balaban J connectivity index is 3.38. The zero-order valence-corrected chi connectivity index (χ0v) is 20.8. The summed E-state index contributed by atoms with van der Waals surface area (Å²) in [5.74, 6) is -0.833. The standard InChI is InChI=1S/C26H50O5/c1-4-6-8-10-11-12-13-14-15-16-17-19-21-30-25(27)22-29-23-26(28)31-24(3)20-18-9-7-5-2/h24H,4-23H2,1-3H3. The molecule has 0 aliphatic heterocycles. The van der Waals surface area contributed by atoms with Crippen molar-refractivity contribution in [1.82, 2.24) is 0 Å². The highest BCUT2D eigenvalue weighted by Gasteiger charge is 2.11. The zero-order valence-electron chi connectivity index (χ0n) is 20.8. The molecule has 1 atom stereocenters. The van der Waals surface area contributed by atoms with Crippen LogP contribution in [0, 0.1) is 0 Å². The van der Waals surface area contributed by atoms with Gasteiger partial charge in [-0.1, -0.05) is 104 Å². The van der Waals surface area contributed by atoms with Gasteiger partial charge in [-0.3, -0.25) is 0 Å². The third-order valence-electron chi connectivity index (χ3n) is 5.50. The highest BCUT2D eigenvalue weighted by molar-refractivity contribution is 5.73. The lowest BCUT2D eigenvalue weighted by Gasteiger charge is -2.13. The number of carbonyl (C=O) groups excluding carboxylic acids is 2. The van der Waals surface area contributed by atoms with Gasteiger partial charge in [0.15, 0.2) is 0 Å². The maximum absolute atomic E-state index is 11.7. The average Bonchev–Trinajstić information content (AvgIpc) is 2.74. The summed E-state index contributed by atoms with van der Waals surface area (Å²) in [5.41, 5.74) is 0. The van der Waals surface area contributed by atoms with E-state index in [1.54, 1.807) is 0 Å². The minimum atomic E-state index is -0.420. The van der Waals surface area contributed by atoms with Gasteiger partial charge in [0.2, 0.25) is 0 Å². The fourth-order valence-electron chi connectivity index (χ4n) is 3.56. The summed E-state index contributed by atoms with van der Waals surface area (Å²) in [5, 5.41) is 0. The second-order valence-corrected chi connectivity index (χ2v) is 8.75. The van der Waals surface area contributed by atoms with E-state index in [1.165, 1.54) is 83.5 Å². The molecule has 5 nitrogen and oxygen atoms in total. The van der Waals surface area contributed by atoms with E-state index in [-0.39, 0.29) is 19.3 Å². The van der Waals surface area contributed by atoms with Gasteiger partial charge in [0.1, 0.15) is 13.2 Å². The van der Waals surface area contributed by atoms with Gasteiger partial charge in [0, 0.05) is 0 Å². The molecule has 0 N–H and O–H groups in total. The second kappa shape index (κ2) is 23.6. The number of esters is 2. The molecule has 0 amide bonds. The van der Waals surface area contributed by atoms with E-state index in [0.717, 1.165) is 25.7 Å². The van der Waals surface area contributed by atoms with E-state index in [4.69, 9.17) is 14.2 Å². The Hall–Kier alpha value is -1.10. The van der Waals surface area contributed by atoms with Crippen molar-refractivity contribution in [1.29, 1.82) is 0 Å². The molecule has 0 radical (unpaired) electrons. The molecule has 0 aliphatic carbocycles. The molecular formula is C26H50O5. The Bertz CT molecular complexity index is 411. The van der Waals surface area contributed by atoms with E-state index in [2.05, 4.69) is 13.8 Å². The topological polar surface area (TPSA) is 61.8 Å². The molecule has 0 rings (SSSR count). The summed E-state index contributed by atoms with van der Waals surface area (Å²) in [6.45, 7) is 6.35. The van der Waals surface area contributed by atoms with Gasteiger partial charge < -0.3 is 14.2 Å². The van der Waals surface area contributed by atoms with Crippen LogP contribution in [0.3, 0.4) is 0 Å². The number of ether oxygens (including phenoxy) is 3. The Labute approximate surface area is 192 Å². The van der Waals surface area contributed by atoms with Crippen molar-refractivity contribution in [2.45, 2.75) is 136 Å². The molecule has 0 bridgehead atoms. The van der Waals surface area contributed by atoms with Crippen LogP contribution in [0.4, 0.5) is 0 Å². The molecular weight excluding hydrogens is 392 g/mol. The molecule has 0 aromatic rings. The third-order valence-corrected chi connectivity index (χ3v) is 5.50. The minimum Gasteiger partial charge on any atom is -0.464 e. The minimum absolute atomic E-state index is 0.106. The van der Waals surface area contributed by atoms with Crippen molar-refractivity contribution in [2.24, 2.45) is 0 Å². The van der Waals surface area contributed by atoms with Gasteiger partial charge in [0.25, 0.3) is 0 Å². The van der Waals surface area contributed by atoms with Crippen molar-refractivity contribution < 1.29 is 23.8 Å². The van der Waals surface area contributed by atoms with Crippen LogP contribution in [-0.2, 0) is 23.8 Å². The smallest absolute Gasteiger partial charge is 0.332 e. The SMILES string of the molecule is CCCCCCCCCCCCCCOC(=O)COCC(=O)OC(C)CCCCCC. The van der Waals surface area contributed by atoms with Crippen LogP contribution in [0.1, 0.15) is 130 Å². The predicted molar refractivity (Wildman–Crippen MR) is 127 cm³/mol. The van der Waals surface area contributed by atoms with Crippen molar-refractivity contribution >= 4 is 11.9 Å². The average molecular weight is 443 g/mol. The Kier molecular flexibility index (Phi) is 22.7. The van der Waals surface area contributed by atoms with Gasteiger partial charge in [0.05, 0.1) is 12.7 Å². The Morgan fingerprint density at radius 2 is 1.06 bits per heavy atom. The van der Waals surface area contributed by atoms with Crippen LogP contribution in [-0.4, -0.2) is 37.9 Å². The predicted octanol–water partition coefficient (Wildman–Crippen LogP) is 7.15. The second-order valence-electron chi connectivity index (χ2n) is 8.75. The molecule has 1 unspecified atom stereocenters. The van der Waals surface area contributed by atoms with Crippen LogP contribution >= 0.6 is 0 Å². The fraction of sp³-hybridized carbons (Fsp3) is 0.923. The first-order chi connectivity index (χ1) is 15.1. The molecule has 0 saturated heterocycles. The molecule has 5 heteroatoms. The van der Waals surface area contributed by atoms with Crippen LogP contribution in [0.5, 0.6) is 0 Å². The lowest BCUT2D eigenvalue weighted by atomic mass is 10.1. The normalized spacial score (nSPS) is 12.0. The first-order valence-electron chi connectivity index (χ1n) is 13.0. The summed E-state index contributed by atoms with van der Waals surface area (Å²) >= 11 is 0. The first kappa shape index (κ1) is 29.9. The van der Waals surface area contributed by atoms with E-state index in [1.807, 2.05) is 6.92 Å². The van der Waals surface area contributed by atoms with Gasteiger partial charge in [-0.15, -0.1) is 0 Å². The van der Waals surface area contributed by atoms with Crippen LogP contribution in [0.15, 0.2) is 0 Å². The quantitative estimate of drug-likeness (QED) is 0.124. The molecule has 0 saturated carbocycles. The summed E-state index contributed by atoms with van der Waals surface area (Å²) in [6.07, 6.45) is 20.7. The molecule has 0 aromatic carbocycles. The van der Waals surface area contributed by atoms with E-state index >= 15 is 0 Å². The Morgan fingerprint density at radius 1 is 0.613 bits per heavy atom. The largest absolute Gasteiger partial charge is 0.464 e. The van der Waals surface area contributed by atoms with Crippen LogP contribution in [0.2, 0.25) is 0 Å². The first-order valence-corrected chi connectivity index (χ1v) is 13.0. The molecule has 184 valence electrons. The summed E-state index contributed by atoms with van der Waals surface area (Å²) in [4.78, 5) is 23.4. The van der Waals surface area contributed by atoms with Gasteiger partial charge in [-0.25, -0.2) is 9.59 Å². The molecule has 0 aromatic heterocycles. The third kappa shape index (κ3) is 23.4. The van der Waals surface area contributed by atoms with Crippen LogP contribution in [0.25, 0.3) is 0 Å². The molecule has 0 fully saturated rings. The lowest BCUT2D eigenvalue weighted by molar-refractivity contribution is -0.158.